The SMILES string of the molecule is OCCN1CC[C@H]2CCC[C@H]21. The molecule has 2 rings (SSSR count). The third-order valence-corrected chi connectivity index (χ3v) is 3.26. The maximum Gasteiger partial charge on any atom is 0.0558 e. The van der Waals surface area contributed by atoms with Crippen molar-refractivity contribution in [1.82, 2.24) is 4.90 Å². The molecular formula is C9H17NO. The van der Waals surface area contributed by atoms with Crippen molar-refractivity contribution in [3.05, 3.63) is 0 Å². The lowest BCUT2D eigenvalue weighted by atomic mass is 10.1. The molecule has 1 aliphatic carbocycles. The van der Waals surface area contributed by atoms with Crippen LogP contribution in [0.2, 0.25) is 0 Å². The summed E-state index contributed by atoms with van der Waals surface area (Å²) < 4.78 is 0. The molecule has 0 amide bonds. The molecular weight excluding hydrogens is 138 g/mol. The first kappa shape index (κ1) is 7.56. The highest BCUT2D eigenvalue weighted by molar-refractivity contribution is 4.91. The Kier molecular flexibility index (Phi) is 2.14. The van der Waals surface area contributed by atoms with Crippen molar-refractivity contribution >= 4 is 0 Å². The van der Waals surface area contributed by atoms with Gasteiger partial charge in [0, 0.05) is 12.6 Å². The topological polar surface area (TPSA) is 23.5 Å². The van der Waals surface area contributed by atoms with Crippen LogP contribution in [0.4, 0.5) is 0 Å². The van der Waals surface area contributed by atoms with Crippen LogP contribution in [-0.4, -0.2) is 35.7 Å². The quantitative estimate of drug-likeness (QED) is 0.639. The minimum atomic E-state index is 0.337. The predicted octanol–water partition coefficient (Wildman–Crippen LogP) is 0.853. The molecule has 1 heterocycles. The molecule has 0 aromatic heterocycles. The zero-order valence-electron chi connectivity index (χ0n) is 7.00. The summed E-state index contributed by atoms with van der Waals surface area (Å²) in [5.74, 6) is 0.974. The fraction of sp³-hybridized carbons (Fsp3) is 1.00. The molecule has 2 aliphatic rings. The van der Waals surface area contributed by atoms with E-state index in [0.29, 0.717) is 6.61 Å². The predicted molar refractivity (Wildman–Crippen MR) is 44.4 cm³/mol. The van der Waals surface area contributed by atoms with Gasteiger partial charge in [-0.3, -0.25) is 4.90 Å². The van der Waals surface area contributed by atoms with E-state index in [-0.39, 0.29) is 0 Å². The lowest BCUT2D eigenvalue weighted by molar-refractivity contribution is 0.179. The highest BCUT2D eigenvalue weighted by Crippen LogP contribution is 2.37. The van der Waals surface area contributed by atoms with Crippen LogP contribution in [-0.2, 0) is 0 Å². The molecule has 0 aromatic rings. The van der Waals surface area contributed by atoms with Crippen molar-refractivity contribution < 1.29 is 5.11 Å². The van der Waals surface area contributed by atoms with Crippen molar-refractivity contribution in [3.8, 4) is 0 Å². The molecule has 2 heteroatoms. The second kappa shape index (κ2) is 3.11. The van der Waals surface area contributed by atoms with E-state index in [4.69, 9.17) is 5.11 Å². The largest absolute Gasteiger partial charge is 0.395 e. The van der Waals surface area contributed by atoms with Gasteiger partial charge in [-0.2, -0.15) is 0 Å². The summed E-state index contributed by atoms with van der Waals surface area (Å²) in [5, 5.41) is 8.80. The molecule has 0 bridgehead atoms. The van der Waals surface area contributed by atoms with Gasteiger partial charge in [0.05, 0.1) is 6.61 Å². The van der Waals surface area contributed by atoms with Crippen LogP contribution in [0.1, 0.15) is 25.7 Å². The van der Waals surface area contributed by atoms with Crippen LogP contribution in [0, 0.1) is 5.92 Å². The van der Waals surface area contributed by atoms with Crippen LogP contribution in [0.15, 0.2) is 0 Å². The molecule has 0 radical (unpaired) electrons. The third kappa shape index (κ3) is 1.30. The summed E-state index contributed by atoms with van der Waals surface area (Å²) in [6, 6.07) is 0.835. The van der Waals surface area contributed by atoms with Gasteiger partial charge in [0.25, 0.3) is 0 Å². The Bertz CT molecular complexity index is 136. The van der Waals surface area contributed by atoms with Crippen molar-refractivity contribution in [1.29, 1.82) is 0 Å². The lowest BCUT2D eigenvalue weighted by Crippen LogP contribution is -2.32. The van der Waals surface area contributed by atoms with Gasteiger partial charge >= 0.3 is 0 Å². The number of β-amino-alcohol motifs (C(OH)–C–C–N with tert-alkyl or cyclic N) is 1. The number of aliphatic hydroxyl groups is 1. The van der Waals surface area contributed by atoms with E-state index in [2.05, 4.69) is 4.90 Å². The monoisotopic (exact) mass is 155 g/mol. The molecule has 2 fully saturated rings. The molecule has 64 valence electrons. The van der Waals surface area contributed by atoms with Gasteiger partial charge in [0.1, 0.15) is 0 Å². The fourth-order valence-corrected chi connectivity index (χ4v) is 2.74. The van der Waals surface area contributed by atoms with Crippen molar-refractivity contribution in [2.24, 2.45) is 5.92 Å². The minimum Gasteiger partial charge on any atom is -0.395 e. The Labute approximate surface area is 68.2 Å². The van der Waals surface area contributed by atoms with Crippen molar-refractivity contribution in [3.63, 3.8) is 0 Å². The molecule has 0 aromatic carbocycles. The average Bonchev–Trinajstić information content (AvgIpc) is 2.53. The van der Waals surface area contributed by atoms with E-state index >= 15 is 0 Å². The van der Waals surface area contributed by atoms with E-state index in [0.717, 1.165) is 18.5 Å². The third-order valence-electron chi connectivity index (χ3n) is 3.26. The standard InChI is InChI=1S/C9H17NO/c11-7-6-10-5-4-8-2-1-3-9(8)10/h8-9,11H,1-7H2/t8-,9-/m1/s1. The lowest BCUT2D eigenvalue weighted by Gasteiger charge is -2.21. The Morgan fingerprint density at radius 3 is 3.00 bits per heavy atom. The molecule has 2 atom stereocenters. The van der Waals surface area contributed by atoms with E-state index in [9.17, 15) is 0 Å². The van der Waals surface area contributed by atoms with Gasteiger partial charge in [0.15, 0.2) is 0 Å². The molecule has 0 unspecified atom stereocenters. The number of rotatable bonds is 2. The summed E-state index contributed by atoms with van der Waals surface area (Å²) in [4.78, 5) is 2.47. The smallest absolute Gasteiger partial charge is 0.0558 e. The molecule has 1 aliphatic heterocycles. The second-order valence-corrected chi connectivity index (χ2v) is 3.81. The van der Waals surface area contributed by atoms with Gasteiger partial charge in [-0.05, 0) is 31.7 Å². The highest BCUT2D eigenvalue weighted by atomic mass is 16.3. The molecule has 1 N–H and O–H groups in total. The van der Waals surface area contributed by atoms with E-state index in [1.165, 1.54) is 32.2 Å². The zero-order valence-corrected chi connectivity index (χ0v) is 7.00. The molecule has 2 nitrogen and oxygen atoms in total. The normalized spacial score (nSPS) is 37.9. The first-order chi connectivity index (χ1) is 5.42. The van der Waals surface area contributed by atoms with Gasteiger partial charge in [-0.25, -0.2) is 0 Å². The average molecular weight is 155 g/mol. The molecule has 1 saturated carbocycles. The van der Waals surface area contributed by atoms with Gasteiger partial charge in [0.2, 0.25) is 0 Å². The van der Waals surface area contributed by atoms with E-state index in [1.54, 1.807) is 0 Å². The Hall–Kier alpha value is -0.0800. The maximum atomic E-state index is 8.80. The fourth-order valence-electron chi connectivity index (χ4n) is 2.74. The van der Waals surface area contributed by atoms with E-state index in [1.807, 2.05) is 0 Å². The molecule has 11 heavy (non-hydrogen) atoms. The summed E-state index contributed by atoms with van der Waals surface area (Å²) in [6.07, 6.45) is 5.61. The number of likely N-dealkylation sites (tertiary alicyclic amines) is 1. The van der Waals surface area contributed by atoms with Crippen molar-refractivity contribution in [2.75, 3.05) is 19.7 Å². The zero-order chi connectivity index (χ0) is 7.68. The minimum absolute atomic E-state index is 0.337. The Morgan fingerprint density at radius 1 is 1.27 bits per heavy atom. The van der Waals surface area contributed by atoms with Crippen molar-refractivity contribution in [2.45, 2.75) is 31.7 Å². The van der Waals surface area contributed by atoms with Crippen LogP contribution in [0.5, 0.6) is 0 Å². The number of nitrogens with zero attached hydrogens (tertiary/aromatic N) is 1. The van der Waals surface area contributed by atoms with Gasteiger partial charge in [-0.1, -0.05) is 6.42 Å². The number of fused-ring (bicyclic) bond motifs is 1. The number of hydrogen-bond donors (Lipinski definition) is 1. The van der Waals surface area contributed by atoms with Gasteiger partial charge in [-0.15, -0.1) is 0 Å². The number of hydrogen-bond acceptors (Lipinski definition) is 2. The van der Waals surface area contributed by atoms with Crippen LogP contribution in [0.3, 0.4) is 0 Å². The Balaban J connectivity index is 1.92. The summed E-state index contributed by atoms with van der Waals surface area (Å²) in [7, 11) is 0. The van der Waals surface area contributed by atoms with Gasteiger partial charge < -0.3 is 5.11 Å². The van der Waals surface area contributed by atoms with Crippen LogP contribution < -0.4 is 0 Å². The number of aliphatic hydroxyl groups excluding tert-OH is 1. The van der Waals surface area contributed by atoms with Crippen LogP contribution in [0.25, 0.3) is 0 Å². The first-order valence-corrected chi connectivity index (χ1v) is 4.76. The Morgan fingerprint density at radius 2 is 2.18 bits per heavy atom. The molecule has 1 saturated heterocycles. The van der Waals surface area contributed by atoms with E-state index < -0.39 is 0 Å². The summed E-state index contributed by atoms with van der Waals surface area (Å²) >= 11 is 0. The summed E-state index contributed by atoms with van der Waals surface area (Å²) in [6.45, 7) is 2.47. The molecule has 0 spiro atoms. The van der Waals surface area contributed by atoms with Crippen LogP contribution >= 0.6 is 0 Å². The second-order valence-electron chi connectivity index (χ2n) is 3.81. The summed E-state index contributed by atoms with van der Waals surface area (Å²) in [5.41, 5.74) is 0. The maximum absolute atomic E-state index is 8.80. The highest BCUT2D eigenvalue weighted by Gasteiger charge is 2.36. The first-order valence-electron chi connectivity index (χ1n) is 4.76.